The van der Waals surface area contributed by atoms with Crippen LogP contribution in [0.1, 0.15) is 44.2 Å². The number of hydrogen-bond acceptors (Lipinski definition) is 2. The standard InChI is InChI=1S/C16H25BrN2O/c1-5-6-7-8-18-16(20)13(4)19-15-11(2)9-14(17)10-12(15)3/h9-10,13,19H,5-8H2,1-4H3,(H,18,20). The zero-order chi connectivity index (χ0) is 15.1. The van der Waals surface area contributed by atoms with Gasteiger partial charge >= 0.3 is 0 Å². The molecule has 3 nitrogen and oxygen atoms in total. The summed E-state index contributed by atoms with van der Waals surface area (Å²) in [4.78, 5) is 12.0. The second-order valence-corrected chi connectivity index (χ2v) is 6.19. The Morgan fingerprint density at radius 1 is 1.25 bits per heavy atom. The topological polar surface area (TPSA) is 41.1 Å². The Morgan fingerprint density at radius 3 is 2.40 bits per heavy atom. The summed E-state index contributed by atoms with van der Waals surface area (Å²) in [5.41, 5.74) is 3.33. The number of nitrogens with one attached hydrogen (secondary N) is 2. The molecule has 1 aromatic carbocycles. The molecule has 20 heavy (non-hydrogen) atoms. The second kappa shape index (κ2) is 8.30. The highest BCUT2D eigenvalue weighted by atomic mass is 79.9. The lowest BCUT2D eigenvalue weighted by atomic mass is 10.1. The molecule has 0 aliphatic heterocycles. The maximum atomic E-state index is 12.0. The quantitative estimate of drug-likeness (QED) is 0.731. The Hall–Kier alpha value is -1.03. The van der Waals surface area contributed by atoms with Gasteiger partial charge in [-0.15, -0.1) is 0 Å². The Kier molecular flexibility index (Phi) is 7.06. The average molecular weight is 341 g/mol. The molecule has 0 aromatic heterocycles. The lowest BCUT2D eigenvalue weighted by molar-refractivity contribution is -0.121. The number of benzene rings is 1. The van der Waals surface area contributed by atoms with Crippen molar-refractivity contribution in [1.29, 1.82) is 0 Å². The molecule has 112 valence electrons. The monoisotopic (exact) mass is 340 g/mol. The van der Waals surface area contributed by atoms with Crippen LogP contribution in [0.5, 0.6) is 0 Å². The molecule has 2 N–H and O–H groups in total. The van der Waals surface area contributed by atoms with E-state index in [-0.39, 0.29) is 11.9 Å². The molecule has 0 heterocycles. The average Bonchev–Trinajstić information content (AvgIpc) is 2.38. The summed E-state index contributed by atoms with van der Waals surface area (Å²) in [7, 11) is 0. The summed E-state index contributed by atoms with van der Waals surface area (Å²) in [6.07, 6.45) is 3.37. The van der Waals surface area contributed by atoms with E-state index in [0.717, 1.165) is 40.7 Å². The number of hydrogen-bond donors (Lipinski definition) is 2. The molecule has 0 bridgehead atoms. The van der Waals surface area contributed by atoms with Gasteiger partial charge in [0.15, 0.2) is 0 Å². The molecule has 4 heteroatoms. The molecule has 0 saturated heterocycles. The van der Waals surface area contributed by atoms with E-state index in [0.29, 0.717) is 0 Å². The van der Waals surface area contributed by atoms with Crippen LogP contribution in [0.2, 0.25) is 0 Å². The minimum absolute atomic E-state index is 0.0582. The van der Waals surface area contributed by atoms with Crippen LogP contribution >= 0.6 is 15.9 Å². The van der Waals surface area contributed by atoms with Crippen LogP contribution < -0.4 is 10.6 Å². The molecule has 0 radical (unpaired) electrons. The van der Waals surface area contributed by atoms with Crippen LogP contribution in [0.4, 0.5) is 5.69 Å². The summed E-state index contributed by atoms with van der Waals surface area (Å²) in [6.45, 7) is 8.91. The molecular weight excluding hydrogens is 316 g/mol. The second-order valence-electron chi connectivity index (χ2n) is 5.28. The summed E-state index contributed by atoms with van der Waals surface area (Å²) < 4.78 is 1.06. The molecule has 1 aromatic rings. The van der Waals surface area contributed by atoms with Crippen LogP contribution in [0.25, 0.3) is 0 Å². The molecule has 1 atom stereocenters. The van der Waals surface area contributed by atoms with Crippen molar-refractivity contribution in [3.8, 4) is 0 Å². The minimum Gasteiger partial charge on any atom is -0.373 e. The highest BCUT2D eigenvalue weighted by Gasteiger charge is 2.14. The van der Waals surface area contributed by atoms with Gasteiger partial charge < -0.3 is 10.6 Å². The number of anilines is 1. The highest BCUT2D eigenvalue weighted by molar-refractivity contribution is 9.10. The van der Waals surface area contributed by atoms with Crippen LogP contribution in [0.3, 0.4) is 0 Å². The molecule has 0 spiro atoms. The maximum Gasteiger partial charge on any atom is 0.242 e. The van der Waals surface area contributed by atoms with Gasteiger partial charge in [0.1, 0.15) is 6.04 Å². The fourth-order valence-electron chi connectivity index (χ4n) is 2.16. The zero-order valence-corrected chi connectivity index (χ0v) is 14.4. The van der Waals surface area contributed by atoms with Gasteiger partial charge in [0.05, 0.1) is 0 Å². The van der Waals surface area contributed by atoms with Gasteiger partial charge in [0.2, 0.25) is 5.91 Å². The third-order valence-electron chi connectivity index (χ3n) is 3.33. The zero-order valence-electron chi connectivity index (χ0n) is 12.8. The molecule has 0 aliphatic rings. The van der Waals surface area contributed by atoms with E-state index in [9.17, 15) is 4.79 Å². The van der Waals surface area contributed by atoms with Crippen molar-refractivity contribution >= 4 is 27.5 Å². The first kappa shape index (κ1) is 17.0. The molecular formula is C16H25BrN2O. The lowest BCUT2D eigenvalue weighted by Gasteiger charge is -2.19. The van der Waals surface area contributed by atoms with Crippen molar-refractivity contribution in [1.82, 2.24) is 5.32 Å². The molecule has 0 fully saturated rings. The van der Waals surface area contributed by atoms with E-state index in [2.05, 4.69) is 45.6 Å². The van der Waals surface area contributed by atoms with Gasteiger partial charge in [0.25, 0.3) is 0 Å². The van der Waals surface area contributed by atoms with Gasteiger partial charge in [-0.3, -0.25) is 4.79 Å². The summed E-state index contributed by atoms with van der Waals surface area (Å²) in [5.74, 6) is 0.0582. The Bertz CT molecular complexity index is 437. The van der Waals surface area contributed by atoms with Crippen LogP contribution in [0, 0.1) is 13.8 Å². The molecule has 1 rings (SSSR count). The van der Waals surface area contributed by atoms with E-state index in [1.807, 2.05) is 20.8 Å². The number of halogens is 1. The first-order valence-corrected chi connectivity index (χ1v) is 8.06. The predicted molar refractivity (Wildman–Crippen MR) is 89.2 cm³/mol. The van der Waals surface area contributed by atoms with E-state index in [1.54, 1.807) is 0 Å². The van der Waals surface area contributed by atoms with Crippen molar-refractivity contribution in [3.63, 3.8) is 0 Å². The Labute approximate surface area is 130 Å². The summed E-state index contributed by atoms with van der Waals surface area (Å²) in [5, 5.41) is 6.29. The van der Waals surface area contributed by atoms with Gasteiger partial charge in [-0.05, 0) is 50.5 Å². The van der Waals surface area contributed by atoms with Crippen LogP contribution in [-0.4, -0.2) is 18.5 Å². The molecule has 0 aliphatic carbocycles. The molecule has 1 amide bonds. The smallest absolute Gasteiger partial charge is 0.242 e. The van der Waals surface area contributed by atoms with Crippen molar-refractivity contribution < 1.29 is 4.79 Å². The van der Waals surface area contributed by atoms with E-state index >= 15 is 0 Å². The third-order valence-corrected chi connectivity index (χ3v) is 3.79. The van der Waals surface area contributed by atoms with Crippen LogP contribution in [0.15, 0.2) is 16.6 Å². The van der Waals surface area contributed by atoms with Crippen molar-refractivity contribution in [2.24, 2.45) is 0 Å². The van der Waals surface area contributed by atoms with Crippen molar-refractivity contribution in [2.45, 2.75) is 53.0 Å². The van der Waals surface area contributed by atoms with Gasteiger partial charge in [-0.1, -0.05) is 35.7 Å². The van der Waals surface area contributed by atoms with Gasteiger partial charge in [0, 0.05) is 16.7 Å². The first-order chi connectivity index (χ1) is 9.45. The third kappa shape index (κ3) is 5.16. The number of aryl methyl sites for hydroxylation is 2. The summed E-state index contributed by atoms with van der Waals surface area (Å²) in [6, 6.07) is 3.89. The normalized spacial score (nSPS) is 12.1. The van der Waals surface area contributed by atoms with E-state index in [4.69, 9.17) is 0 Å². The number of amides is 1. The van der Waals surface area contributed by atoms with Crippen molar-refractivity contribution in [2.75, 3.05) is 11.9 Å². The Morgan fingerprint density at radius 2 is 1.85 bits per heavy atom. The minimum atomic E-state index is -0.227. The number of unbranched alkanes of at least 4 members (excludes halogenated alkanes) is 2. The first-order valence-electron chi connectivity index (χ1n) is 7.26. The number of carbonyl (C=O) groups is 1. The lowest BCUT2D eigenvalue weighted by Crippen LogP contribution is -2.38. The van der Waals surface area contributed by atoms with Crippen LogP contribution in [-0.2, 0) is 4.79 Å². The maximum absolute atomic E-state index is 12.0. The fourth-order valence-corrected chi connectivity index (χ4v) is 2.85. The Balaban J connectivity index is 2.57. The van der Waals surface area contributed by atoms with Crippen molar-refractivity contribution in [3.05, 3.63) is 27.7 Å². The molecule has 1 unspecified atom stereocenters. The van der Waals surface area contributed by atoms with Gasteiger partial charge in [-0.25, -0.2) is 0 Å². The van der Waals surface area contributed by atoms with E-state index < -0.39 is 0 Å². The van der Waals surface area contributed by atoms with E-state index in [1.165, 1.54) is 6.42 Å². The fraction of sp³-hybridized carbons (Fsp3) is 0.562. The van der Waals surface area contributed by atoms with Gasteiger partial charge in [-0.2, -0.15) is 0 Å². The largest absolute Gasteiger partial charge is 0.373 e. The number of rotatable bonds is 7. The predicted octanol–water partition coefficient (Wildman–Crippen LogP) is 4.17. The highest BCUT2D eigenvalue weighted by Crippen LogP contribution is 2.25. The number of carbonyl (C=O) groups excluding carboxylic acids is 1. The summed E-state index contributed by atoms with van der Waals surface area (Å²) >= 11 is 3.48. The molecule has 0 saturated carbocycles. The SMILES string of the molecule is CCCCCNC(=O)C(C)Nc1c(C)cc(Br)cc1C.